The summed E-state index contributed by atoms with van der Waals surface area (Å²) in [7, 11) is 0. The number of carbonyl (C=O) groups excluding carboxylic acids is 2. The molecular weight excluding hydrogens is 313 g/mol. The molecule has 1 aliphatic heterocycles. The van der Waals surface area contributed by atoms with Crippen molar-refractivity contribution in [3.63, 3.8) is 0 Å². The third-order valence-corrected chi connectivity index (χ3v) is 4.38. The number of halogens is 1. The van der Waals surface area contributed by atoms with Crippen molar-refractivity contribution < 1.29 is 14.0 Å². The van der Waals surface area contributed by atoms with Crippen LogP contribution in [0.3, 0.4) is 0 Å². The molecule has 1 aliphatic rings. The first-order valence-corrected chi connectivity index (χ1v) is 7.96. The lowest BCUT2D eigenvalue weighted by Crippen LogP contribution is -2.45. The SMILES string of the molecule is CCC(NC(=O)[C@@H]1CCc2nc3ccccc3c(=O)n21)C(=O)CF. The van der Waals surface area contributed by atoms with Crippen LogP contribution in [0.1, 0.15) is 31.6 Å². The van der Waals surface area contributed by atoms with Crippen molar-refractivity contribution in [1.29, 1.82) is 0 Å². The molecule has 2 aromatic rings. The number of amides is 1. The minimum absolute atomic E-state index is 0.266. The van der Waals surface area contributed by atoms with Crippen LogP contribution < -0.4 is 10.9 Å². The Hall–Kier alpha value is -2.57. The van der Waals surface area contributed by atoms with Gasteiger partial charge in [-0.1, -0.05) is 19.1 Å². The summed E-state index contributed by atoms with van der Waals surface area (Å²) >= 11 is 0. The van der Waals surface area contributed by atoms with Crippen molar-refractivity contribution in [1.82, 2.24) is 14.9 Å². The molecule has 0 radical (unpaired) electrons. The lowest BCUT2D eigenvalue weighted by Gasteiger charge is -2.19. The molecular formula is C17H18FN3O3. The zero-order valence-corrected chi connectivity index (χ0v) is 13.3. The molecule has 2 heterocycles. The van der Waals surface area contributed by atoms with Gasteiger partial charge in [-0.25, -0.2) is 9.37 Å². The van der Waals surface area contributed by atoms with Gasteiger partial charge in [-0.2, -0.15) is 0 Å². The predicted octanol–water partition coefficient (Wildman–Crippen LogP) is 1.32. The van der Waals surface area contributed by atoms with E-state index in [2.05, 4.69) is 10.3 Å². The Bertz CT molecular complexity index is 862. The summed E-state index contributed by atoms with van der Waals surface area (Å²) in [6, 6.07) is 5.40. The van der Waals surface area contributed by atoms with Crippen LogP contribution in [0.2, 0.25) is 0 Å². The van der Waals surface area contributed by atoms with Gasteiger partial charge in [-0.05, 0) is 25.0 Å². The summed E-state index contributed by atoms with van der Waals surface area (Å²) < 4.78 is 14.0. The van der Waals surface area contributed by atoms with Gasteiger partial charge in [0.15, 0.2) is 5.78 Å². The summed E-state index contributed by atoms with van der Waals surface area (Å²) in [5.41, 5.74) is 0.340. The minimum atomic E-state index is -1.12. The quantitative estimate of drug-likeness (QED) is 0.896. The maximum atomic E-state index is 12.7. The largest absolute Gasteiger partial charge is 0.344 e. The zero-order valence-electron chi connectivity index (χ0n) is 13.3. The third-order valence-electron chi connectivity index (χ3n) is 4.38. The summed E-state index contributed by atoms with van der Waals surface area (Å²) in [5.74, 6) is -0.543. The Morgan fingerprint density at radius 1 is 1.42 bits per heavy atom. The van der Waals surface area contributed by atoms with Crippen molar-refractivity contribution >= 4 is 22.6 Å². The number of Topliss-reactive ketones (excluding diaryl/α,β-unsaturated/α-hetero) is 1. The van der Waals surface area contributed by atoms with Crippen molar-refractivity contribution in [2.45, 2.75) is 38.3 Å². The number of aromatic nitrogens is 2. The van der Waals surface area contributed by atoms with E-state index in [1.807, 2.05) is 0 Å². The zero-order chi connectivity index (χ0) is 17.3. The number of para-hydroxylation sites is 1. The van der Waals surface area contributed by atoms with Crippen LogP contribution in [0.25, 0.3) is 10.9 Å². The second-order valence-electron chi connectivity index (χ2n) is 5.84. The maximum Gasteiger partial charge on any atom is 0.262 e. The minimum Gasteiger partial charge on any atom is -0.344 e. The summed E-state index contributed by atoms with van der Waals surface area (Å²) in [6.45, 7) is 0.578. The topological polar surface area (TPSA) is 81.1 Å². The summed E-state index contributed by atoms with van der Waals surface area (Å²) in [6.07, 6.45) is 1.25. The standard InChI is InChI=1S/C17H18FN3O3/c1-2-11(14(22)9-18)20-16(23)13-7-8-15-19-12-6-4-3-5-10(12)17(24)21(13)15/h3-6,11,13H,2,7-9H2,1H3,(H,20,23)/t11?,13-/m0/s1. The number of rotatable bonds is 5. The fraction of sp³-hybridized carbons (Fsp3) is 0.412. The maximum absolute atomic E-state index is 12.7. The molecule has 1 unspecified atom stereocenters. The molecule has 1 aromatic heterocycles. The van der Waals surface area contributed by atoms with E-state index < -0.39 is 30.4 Å². The Labute approximate surface area is 137 Å². The number of ketones is 1. The van der Waals surface area contributed by atoms with Gasteiger partial charge in [0.25, 0.3) is 5.56 Å². The molecule has 1 aromatic carbocycles. The van der Waals surface area contributed by atoms with Gasteiger partial charge >= 0.3 is 0 Å². The van der Waals surface area contributed by atoms with Crippen LogP contribution in [0.4, 0.5) is 4.39 Å². The molecule has 1 amide bonds. The second-order valence-corrected chi connectivity index (χ2v) is 5.84. The number of alkyl halides is 1. The van der Waals surface area contributed by atoms with E-state index in [-0.39, 0.29) is 5.56 Å². The molecule has 3 rings (SSSR count). The Kier molecular flexibility index (Phi) is 4.42. The van der Waals surface area contributed by atoms with Crippen LogP contribution >= 0.6 is 0 Å². The molecule has 0 saturated carbocycles. The van der Waals surface area contributed by atoms with Gasteiger partial charge < -0.3 is 5.32 Å². The van der Waals surface area contributed by atoms with Gasteiger partial charge in [0.05, 0.1) is 16.9 Å². The molecule has 0 fully saturated rings. The first-order chi connectivity index (χ1) is 11.6. The lowest BCUT2D eigenvalue weighted by molar-refractivity contribution is -0.130. The molecule has 1 N–H and O–H groups in total. The van der Waals surface area contributed by atoms with Gasteiger partial charge in [-0.15, -0.1) is 0 Å². The Morgan fingerprint density at radius 2 is 2.17 bits per heavy atom. The number of carbonyl (C=O) groups is 2. The van der Waals surface area contributed by atoms with Crippen LogP contribution in [0.5, 0.6) is 0 Å². The Balaban J connectivity index is 1.94. The molecule has 2 atom stereocenters. The molecule has 7 heteroatoms. The predicted molar refractivity (Wildman–Crippen MR) is 86.6 cm³/mol. The highest BCUT2D eigenvalue weighted by molar-refractivity contribution is 5.91. The number of hydrogen-bond acceptors (Lipinski definition) is 4. The third kappa shape index (κ3) is 2.70. The molecule has 0 aliphatic carbocycles. The second kappa shape index (κ2) is 6.51. The first kappa shape index (κ1) is 16.3. The van der Waals surface area contributed by atoms with Crippen LogP contribution in [0, 0.1) is 0 Å². The lowest BCUT2D eigenvalue weighted by atomic mass is 10.1. The van der Waals surface area contributed by atoms with E-state index in [0.717, 1.165) is 0 Å². The molecule has 0 saturated heterocycles. The highest BCUT2D eigenvalue weighted by atomic mass is 19.1. The highest BCUT2D eigenvalue weighted by Gasteiger charge is 2.32. The van der Waals surface area contributed by atoms with E-state index in [9.17, 15) is 18.8 Å². The normalized spacial score (nSPS) is 17.5. The fourth-order valence-corrected chi connectivity index (χ4v) is 3.10. The Morgan fingerprint density at radius 3 is 2.88 bits per heavy atom. The smallest absolute Gasteiger partial charge is 0.262 e. The van der Waals surface area contributed by atoms with E-state index in [1.165, 1.54) is 4.57 Å². The van der Waals surface area contributed by atoms with Gasteiger partial charge in [0.1, 0.15) is 18.5 Å². The summed E-state index contributed by atoms with van der Waals surface area (Å²) in [5, 5.41) is 3.01. The monoisotopic (exact) mass is 331 g/mol. The molecule has 126 valence electrons. The number of hydrogen-bond donors (Lipinski definition) is 1. The van der Waals surface area contributed by atoms with E-state index in [4.69, 9.17) is 0 Å². The molecule has 6 nitrogen and oxygen atoms in total. The average molecular weight is 331 g/mol. The molecule has 0 spiro atoms. The van der Waals surface area contributed by atoms with Crippen molar-refractivity contribution in [2.24, 2.45) is 0 Å². The van der Waals surface area contributed by atoms with Gasteiger partial charge in [0, 0.05) is 6.42 Å². The number of fused-ring (bicyclic) bond motifs is 2. The van der Waals surface area contributed by atoms with Gasteiger partial charge in [-0.3, -0.25) is 19.0 Å². The molecule has 24 heavy (non-hydrogen) atoms. The van der Waals surface area contributed by atoms with Crippen LogP contribution in [-0.4, -0.2) is 34.0 Å². The summed E-state index contributed by atoms with van der Waals surface area (Å²) in [4.78, 5) is 41.2. The van der Waals surface area contributed by atoms with E-state index in [0.29, 0.717) is 36.0 Å². The molecule has 0 bridgehead atoms. The number of nitrogens with zero attached hydrogens (tertiary/aromatic N) is 2. The number of nitrogens with one attached hydrogen (secondary N) is 1. The van der Waals surface area contributed by atoms with Crippen molar-refractivity contribution in [3.8, 4) is 0 Å². The van der Waals surface area contributed by atoms with E-state index >= 15 is 0 Å². The van der Waals surface area contributed by atoms with Gasteiger partial charge in [0.2, 0.25) is 5.91 Å². The first-order valence-electron chi connectivity index (χ1n) is 7.96. The highest BCUT2D eigenvalue weighted by Crippen LogP contribution is 2.24. The number of aryl methyl sites for hydroxylation is 1. The average Bonchev–Trinajstić information content (AvgIpc) is 3.03. The van der Waals surface area contributed by atoms with Crippen LogP contribution in [0.15, 0.2) is 29.1 Å². The fourth-order valence-electron chi connectivity index (χ4n) is 3.10. The number of benzene rings is 1. The van der Waals surface area contributed by atoms with Crippen molar-refractivity contribution in [2.75, 3.05) is 6.67 Å². The van der Waals surface area contributed by atoms with E-state index in [1.54, 1.807) is 31.2 Å². The van der Waals surface area contributed by atoms with Crippen molar-refractivity contribution in [3.05, 3.63) is 40.4 Å². The van der Waals surface area contributed by atoms with Crippen LogP contribution in [-0.2, 0) is 16.0 Å².